The van der Waals surface area contributed by atoms with Crippen LogP contribution in [0, 0.1) is 17.2 Å². The first-order valence-corrected chi connectivity index (χ1v) is 5.93. The first-order valence-electron chi connectivity index (χ1n) is 5.93. The van der Waals surface area contributed by atoms with Crippen molar-refractivity contribution in [3.8, 4) is 6.07 Å². The highest BCUT2D eigenvalue weighted by Crippen LogP contribution is 2.17. The van der Waals surface area contributed by atoms with E-state index in [0.29, 0.717) is 12.5 Å². The topological polar surface area (TPSA) is 30.3 Å². The Balaban J connectivity index is 2.33. The van der Waals surface area contributed by atoms with Gasteiger partial charge in [-0.25, -0.2) is 0 Å². The molecule has 3 nitrogen and oxygen atoms in total. The van der Waals surface area contributed by atoms with Crippen molar-refractivity contribution in [2.75, 3.05) is 33.7 Å². The maximum absolute atomic E-state index is 8.73. The Morgan fingerprint density at radius 3 is 2.80 bits per heavy atom. The highest BCUT2D eigenvalue weighted by Gasteiger charge is 2.23. The Morgan fingerprint density at radius 2 is 2.33 bits per heavy atom. The fourth-order valence-electron chi connectivity index (χ4n) is 2.45. The van der Waals surface area contributed by atoms with Gasteiger partial charge in [0.1, 0.15) is 0 Å². The lowest BCUT2D eigenvalue weighted by Gasteiger charge is -2.27. The predicted octanol–water partition coefficient (Wildman–Crippen LogP) is 1.56. The van der Waals surface area contributed by atoms with Gasteiger partial charge in [-0.3, -0.25) is 0 Å². The van der Waals surface area contributed by atoms with Gasteiger partial charge in [-0.05, 0) is 39.4 Å². The summed E-state index contributed by atoms with van der Waals surface area (Å²) in [5, 5.41) is 8.73. The van der Waals surface area contributed by atoms with Gasteiger partial charge in [-0.2, -0.15) is 5.26 Å². The zero-order chi connectivity index (χ0) is 11.3. The summed E-state index contributed by atoms with van der Waals surface area (Å²) in [6.07, 6.45) is 3.05. The van der Waals surface area contributed by atoms with Crippen LogP contribution in [-0.2, 0) is 0 Å². The van der Waals surface area contributed by atoms with Crippen molar-refractivity contribution < 1.29 is 0 Å². The van der Waals surface area contributed by atoms with Gasteiger partial charge >= 0.3 is 0 Å². The molecule has 1 aliphatic heterocycles. The number of nitriles is 1. The van der Waals surface area contributed by atoms with E-state index in [1.807, 2.05) is 0 Å². The van der Waals surface area contributed by atoms with Crippen LogP contribution < -0.4 is 0 Å². The molecule has 1 saturated heterocycles. The van der Waals surface area contributed by atoms with Crippen molar-refractivity contribution in [2.24, 2.45) is 5.92 Å². The average molecular weight is 209 g/mol. The summed E-state index contributed by atoms with van der Waals surface area (Å²) < 4.78 is 0. The van der Waals surface area contributed by atoms with Crippen molar-refractivity contribution in [3.63, 3.8) is 0 Å². The third kappa shape index (κ3) is 3.81. The molecular formula is C12H23N3. The molecule has 15 heavy (non-hydrogen) atoms. The van der Waals surface area contributed by atoms with E-state index < -0.39 is 0 Å². The summed E-state index contributed by atoms with van der Waals surface area (Å²) in [4.78, 5) is 4.76. The van der Waals surface area contributed by atoms with Crippen molar-refractivity contribution in [1.82, 2.24) is 9.80 Å². The molecule has 0 amide bonds. The lowest BCUT2D eigenvalue weighted by molar-refractivity contribution is 0.203. The maximum Gasteiger partial charge on any atom is 0.0638 e. The molecule has 0 bridgehead atoms. The predicted molar refractivity (Wildman–Crippen MR) is 62.5 cm³/mol. The normalized spacial score (nSPS) is 24.3. The Hall–Kier alpha value is -0.590. The molecule has 0 aliphatic carbocycles. The molecule has 1 aliphatic rings. The number of likely N-dealkylation sites (tertiary alicyclic amines) is 1. The molecule has 1 heterocycles. The number of hydrogen-bond donors (Lipinski definition) is 0. The third-order valence-electron chi connectivity index (χ3n) is 3.46. The van der Waals surface area contributed by atoms with Crippen LogP contribution in [0.15, 0.2) is 0 Å². The second kappa shape index (κ2) is 6.09. The van der Waals surface area contributed by atoms with Gasteiger partial charge in [0.25, 0.3) is 0 Å². The van der Waals surface area contributed by atoms with Crippen molar-refractivity contribution in [3.05, 3.63) is 0 Å². The monoisotopic (exact) mass is 209 g/mol. The zero-order valence-corrected chi connectivity index (χ0v) is 10.2. The Kier molecular flexibility index (Phi) is 5.07. The van der Waals surface area contributed by atoms with E-state index in [-0.39, 0.29) is 0 Å². The second-order valence-corrected chi connectivity index (χ2v) is 4.78. The van der Waals surface area contributed by atoms with Gasteiger partial charge in [0.2, 0.25) is 0 Å². The highest BCUT2D eigenvalue weighted by molar-refractivity contribution is 4.83. The van der Waals surface area contributed by atoms with Crippen LogP contribution in [0.2, 0.25) is 0 Å². The molecule has 1 fully saturated rings. The van der Waals surface area contributed by atoms with E-state index in [0.717, 1.165) is 18.9 Å². The van der Waals surface area contributed by atoms with Crippen LogP contribution in [0.5, 0.6) is 0 Å². The molecule has 2 unspecified atom stereocenters. The summed E-state index contributed by atoms with van der Waals surface area (Å²) in [5.41, 5.74) is 0. The van der Waals surface area contributed by atoms with Crippen LogP contribution in [-0.4, -0.2) is 49.6 Å². The molecule has 0 N–H and O–H groups in total. The lowest BCUT2D eigenvalue weighted by atomic mass is 10.1. The number of nitrogens with zero attached hydrogens (tertiary/aromatic N) is 3. The van der Waals surface area contributed by atoms with Crippen LogP contribution in [0.1, 0.15) is 26.2 Å². The molecule has 0 saturated carbocycles. The summed E-state index contributed by atoms with van der Waals surface area (Å²) in [7, 11) is 4.34. The zero-order valence-electron chi connectivity index (χ0n) is 10.2. The third-order valence-corrected chi connectivity index (χ3v) is 3.46. The molecule has 86 valence electrons. The largest absolute Gasteiger partial charge is 0.306 e. The quantitative estimate of drug-likeness (QED) is 0.688. The Labute approximate surface area is 93.7 Å². The molecule has 0 aromatic carbocycles. The number of hydrogen-bond acceptors (Lipinski definition) is 3. The van der Waals surface area contributed by atoms with Gasteiger partial charge in [-0.1, -0.05) is 6.92 Å². The van der Waals surface area contributed by atoms with Crippen molar-refractivity contribution in [2.45, 2.75) is 32.2 Å². The molecule has 0 aromatic rings. The summed E-state index contributed by atoms with van der Waals surface area (Å²) >= 11 is 0. The molecule has 0 spiro atoms. The van der Waals surface area contributed by atoms with Gasteiger partial charge in [-0.15, -0.1) is 0 Å². The molecule has 1 rings (SSSR count). The summed E-state index contributed by atoms with van der Waals surface area (Å²) in [6, 6.07) is 2.73. The van der Waals surface area contributed by atoms with E-state index >= 15 is 0 Å². The SMILES string of the molecule is CCC(CC#N)N(C)CC1CCN(C)C1. The van der Waals surface area contributed by atoms with Crippen LogP contribution in [0.3, 0.4) is 0 Å². The molecular weight excluding hydrogens is 186 g/mol. The van der Waals surface area contributed by atoms with Gasteiger partial charge in [0.05, 0.1) is 12.5 Å². The summed E-state index contributed by atoms with van der Waals surface area (Å²) in [6.45, 7) is 5.75. The molecule has 0 aromatic heterocycles. The second-order valence-electron chi connectivity index (χ2n) is 4.78. The minimum absolute atomic E-state index is 0.445. The van der Waals surface area contributed by atoms with Crippen LogP contribution in [0.25, 0.3) is 0 Å². The van der Waals surface area contributed by atoms with Crippen molar-refractivity contribution >= 4 is 0 Å². The average Bonchev–Trinajstić information content (AvgIpc) is 2.60. The molecule has 2 atom stereocenters. The van der Waals surface area contributed by atoms with E-state index in [1.54, 1.807) is 0 Å². The standard InChI is InChI=1S/C12H23N3/c1-4-12(5-7-13)15(3)10-11-6-8-14(2)9-11/h11-12H,4-6,8-10H2,1-3H3. The first kappa shape index (κ1) is 12.5. The Morgan fingerprint density at radius 1 is 1.60 bits per heavy atom. The summed E-state index contributed by atoms with van der Waals surface area (Å²) in [5.74, 6) is 0.799. The van der Waals surface area contributed by atoms with Gasteiger partial charge in [0.15, 0.2) is 0 Å². The fraction of sp³-hybridized carbons (Fsp3) is 0.917. The molecule has 0 radical (unpaired) electrons. The maximum atomic E-state index is 8.73. The number of rotatable bonds is 5. The van der Waals surface area contributed by atoms with E-state index in [4.69, 9.17) is 5.26 Å². The fourth-order valence-corrected chi connectivity index (χ4v) is 2.45. The van der Waals surface area contributed by atoms with Crippen LogP contribution in [0.4, 0.5) is 0 Å². The smallest absolute Gasteiger partial charge is 0.0638 e. The van der Waals surface area contributed by atoms with Gasteiger partial charge in [0, 0.05) is 19.1 Å². The minimum atomic E-state index is 0.445. The van der Waals surface area contributed by atoms with E-state index in [1.165, 1.54) is 19.5 Å². The minimum Gasteiger partial charge on any atom is -0.306 e. The van der Waals surface area contributed by atoms with Crippen LogP contribution >= 0.6 is 0 Å². The van der Waals surface area contributed by atoms with Gasteiger partial charge < -0.3 is 9.80 Å². The van der Waals surface area contributed by atoms with E-state index in [2.05, 4.69) is 36.9 Å². The Bertz CT molecular complexity index is 221. The lowest BCUT2D eigenvalue weighted by Crippen LogP contribution is -2.35. The first-order chi connectivity index (χ1) is 7.17. The highest BCUT2D eigenvalue weighted by atomic mass is 15.2. The molecule has 3 heteroatoms. The van der Waals surface area contributed by atoms with Crippen molar-refractivity contribution in [1.29, 1.82) is 5.26 Å². The van der Waals surface area contributed by atoms with E-state index in [9.17, 15) is 0 Å².